The number of carbonyl (C=O) groups excluding carboxylic acids is 1. The normalized spacial score (nSPS) is 11.8. The molecule has 0 radical (unpaired) electrons. The maximum absolute atomic E-state index is 12.5. The zero-order valence-corrected chi connectivity index (χ0v) is 14.7. The standard InChI is InChI=1S/C18H17F3N2O4/c1-17(2,16(25)26)23(3)15(24)11-4-7-13(8-5-11)27-14-9-6-12(10-22-14)18(19,20)21/h4-10H,1-3H3,(H,25,26). The molecule has 0 aliphatic rings. The predicted octanol–water partition coefficient (Wildman–Crippen LogP) is 3.83. The number of alkyl halides is 3. The van der Waals surface area contributed by atoms with Gasteiger partial charge in [0.25, 0.3) is 5.91 Å². The molecule has 0 saturated heterocycles. The number of nitrogens with zero attached hydrogens (tertiary/aromatic N) is 2. The fraction of sp³-hybridized carbons (Fsp3) is 0.278. The van der Waals surface area contributed by atoms with Crippen molar-refractivity contribution in [1.29, 1.82) is 0 Å². The van der Waals surface area contributed by atoms with Gasteiger partial charge in [-0.2, -0.15) is 13.2 Å². The molecular weight excluding hydrogens is 365 g/mol. The highest BCUT2D eigenvalue weighted by Crippen LogP contribution is 2.30. The maximum Gasteiger partial charge on any atom is 0.417 e. The minimum Gasteiger partial charge on any atom is -0.480 e. The van der Waals surface area contributed by atoms with Gasteiger partial charge in [-0.1, -0.05) is 0 Å². The molecule has 0 unspecified atom stereocenters. The van der Waals surface area contributed by atoms with E-state index >= 15 is 0 Å². The zero-order chi connectivity index (χ0) is 20.4. The Hall–Kier alpha value is -3.10. The number of amides is 1. The number of pyridine rings is 1. The summed E-state index contributed by atoms with van der Waals surface area (Å²) in [4.78, 5) is 28.3. The van der Waals surface area contributed by atoms with E-state index < -0.39 is 29.2 Å². The molecule has 1 N–H and O–H groups in total. The van der Waals surface area contributed by atoms with E-state index in [0.717, 1.165) is 17.0 Å². The van der Waals surface area contributed by atoms with Crippen LogP contribution in [0.1, 0.15) is 29.8 Å². The number of benzene rings is 1. The first kappa shape index (κ1) is 20.2. The number of carbonyl (C=O) groups is 2. The summed E-state index contributed by atoms with van der Waals surface area (Å²) >= 11 is 0. The van der Waals surface area contributed by atoms with E-state index in [2.05, 4.69) is 4.98 Å². The molecular formula is C18H17F3N2O4. The van der Waals surface area contributed by atoms with Gasteiger partial charge in [-0.25, -0.2) is 9.78 Å². The molecule has 0 aliphatic carbocycles. The first-order chi connectivity index (χ1) is 12.4. The molecule has 1 aromatic carbocycles. The van der Waals surface area contributed by atoms with Gasteiger partial charge in [0.2, 0.25) is 5.88 Å². The third kappa shape index (κ3) is 4.55. The summed E-state index contributed by atoms with van der Waals surface area (Å²) in [5.74, 6) is -1.42. The number of likely N-dealkylation sites (N-methyl/N-ethyl adjacent to an activating group) is 1. The van der Waals surface area contributed by atoms with Crippen LogP contribution in [0.5, 0.6) is 11.6 Å². The van der Waals surface area contributed by atoms with E-state index in [9.17, 15) is 27.9 Å². The molecule has 2 rings (SSSR count). The van der Waals surface area contributed by atoms with Crippen molar-refractivity contribution in [3.63, 3.8) is 0 Å². The average molecular weight is 382 g/mol. The Morgan fingerprint density at radius 3 is 2.11 bits per heavy atom. The van der Waals surface area contributed by atoms with E-state index in [-0.39, 0.29) is 17.2 Å². The lowest BCUT2D eigenvalue weighted by molar-refractivity contribution is -0.147. The third-order valence-corrected chi connectivity index (χ3v) is 4.05. The van der Waals surface area contributed by atoms with Crippen molar-refractivity contribution in [3.05, 3.63) is 53.7 Å². The molecule has 1 aromatic heterocycles. The fourth-order valence-corrected chi connectivity index (χ4v) is 1.99. The maximum atomic E-state index is 12.5. The number of carboxylic acids is 1. The summed E-state index contributed by atoms with van der Waals surface area (Å²) in [7, 11) is 1.38. The number of hydrogen-bond acceptors (Lipinski definition) is 4. The molecule has 144 valence electrons. The molecule has 0 bridgehead atoms. The number of aliphatic carboxylic acids is 1. The lowest BCUT2D eigenvalue weighted by atomic mass is 10.0. The van der Waals surface area contributed by atoms with Gasteiger partial charge in [0.15, 0.2) is 0 Å². The SMILES string of the molecule is CN(C(=O)c1ccc(Oc2ccc(C(F)(F)F)cn2)cc1)C(C)(C)C(=O)O. The second-order valence-electron chi connectivity index (χ2n) is 6.24. The van der Waals surface area contributed by atoms with Crippen LogP contribution in [-0.2, 0) is 11.0 Å². The van der Waals surface area contributed by atoms with Gasteiger partial charge < -0.3 is 14.7 Å². The predicted molar refractivity (Wildman–Crippen MR) is 89.6 cm³/mol. The van der Waals surface area contributed by atoms with Crippen LogP contribution >= 0.6 is 0 Å². The van der Waals surface area contributed by atoms with Gasteiger partial charge in [0.05, 0.1) is 5.56 Å². The quantitative estimate of drug-likeness (QED) is 0.850. The number of halogens is 3. The number of hydrogen-bond donors (Lipinski definition) is 1. The van der Waals surface area contributed by atoms with Crippen molar-refractivity contribution in [2.24, 2.45) is 0 Å². The molecule has 0 aliphatic heterocycles. The third-order valence-electron chi connectivity index (χ3n) is 4.05. The van der Waals surface area contributed by atoms with E-state index in [1.807, 2.05) is 0 Å². The van der Waals surface area contributed by atoms with Crippen molar-refractivity contribution in [2.45, 2.75) is 25.6 Å². The summed E-state index contributed by atoms with van der Waals surface area (Å²) < 4.78 is 42.9. The number of carboxylic acid groups (broad SMARTS) is 1. The molecule has 9 heteroatoms. The van der Waals surface area contributed by atoms with E-state index in [0.29, 0.717) is 6.20 Å². The van der Waals surface area contributed by atoms with E-state index in [4.69, 9.17) is 4.74 Å². The van der Waals surface area contributed by atoms with Crippen molar-refractivity contribution in [1.82, 2.24) is 9.88 Å². The minimum absolute atomic E-state index is 0.0359. The van der Waals surface area contributed by atoms with Crippen molar-refractivity contribution in [3.8, 4) is 11.6 Å². The summed E-state index contributed by atoms with van der Waals surface area (Å²) in [5, 5.41) is 9.19. The van der Waals surface area contributed by atoms with Gasteiger partial charge in [-0.3, -0.25) is 4.79 Å². The number of ether oxygens (including phenoxy) is 1. The Balaban J connectivity index is 2.11. The van der Waals surface area contributed by atoms with Crippen molar-refractivity contribution < 1.29 is 32.6 Å². The smallest absolute Gasteiger partial charge is 0.417 e. The molecule has 0 saturated carbocycles. The molecule has 1 heterocycles. The summed E-state index contributed by atoms with van der Waals surface area (Å²) in [5.41, 5.74) is -2.05. The van der Waals surface area contributed by atoms with Crippen molar-refractivity contribution in [2.75, 3.05) is 7.05 Å². The van der Waals surface area contributed by atoms with Crippen LogP contribution in [-0.4, -0.2) is 39.5 Å². The highest BCUT2D eigenvalue weighted by atomic mass is 19.4. The average Bonchev–Trinajstić information content (AvgIpc) is 2.60. The highest BCUT2D eigenvalue weighted by molar-refractivity contribution is 5.97. The highest BCUT2D eigenvalue weighted by Gasteiger charge is 2.35. The molecule has 2 aromatic rings. The molecule has 1 amide bonds. The van der Waals surface area contributed by atoms with Crippen LogP contribution < -0.4 is 4.74 Å². The Labute approximate surface area is 153 Å². The molecule has 27 heavy (non-hydrogen) atoms. The Morgan fingerprint density at radius 1 is 1.07 bits per heavy atom. The lowest BCUT2D eigenvalue weighted by Crippen LogP contribution is -2.50. The van der Waals surface area contributed by atoms with Crippen LogP contribution in [0.2, 0.25) is 0 Å². The lowest BCUT2D eigenvalue weighted by Gasteiger charge is -2.31. The summed E-state index contributed by atoms with van der Waals surface area (Å²) in [6, 6.07) is 7.67. The topological polar surface area (TPSA) is 79.7 Å². The van der Waals surface area contributed by atoms with Crippen LogP contribution in [0.3, 0.4) is 0 Å². The Morgan fingerprint density at radius 2 is 1.67 bits per heavy atom. The van der Waals surface area contributed by atoms with E-state index in [1.165, 1.54) is 45.2 Å². The Kier molecular flexibility index (Phi) is 5.43. The first-order valence-corrected chi connectivity index (χ1v) is 7.75. The van der Waals surface area contributed by atoms with Crippen molar-refractivity contribution >= 4 is 11.9 Å². The van der Waals surface area contributed by atoms with Gasteiger partial charge in [-0.15, -0.1) is 0 Å². The van der Waals surface area contributed by atoms with Gasteiger partial charge in [0.1, 0.15) is 11.3 Å². The van der Waals surface area contributed by atoms with Gasteiger partial charge in [-0.05, 0) is 44.2 Å². The largest absolute Gasteiger partial charge is 0.480 e. The molecule has 0 fully saturated rings. The summed E-state index contributed by atoms with van der Waals surface area (Å²) in [6.07, 6.45) is -3.82. The molecule has 0 spiro atoms. The first-order valence-electron chi connectivity index (χ1n) is 7.75. The van der Waals surface area contributed by atoms with Crippen LogP contribution in [0.25, 0.3) is 0 Å². The molecule has 6 nitrogen and oxygen atoms in total. The van der Waals surface area contributed by atoms with Gasteiger partial charge >= 0.3 is 12.1 Å². The van der Waals surface area contributed by atoms with Crippen LogP contribution in [0.4, 0.5) is 13.2 Å². The van der Waals surface area contributed by atoms with E-state index in [1.54, 1.807) is 0 Å². The Bertz CT molecular complexity index is 831. The fourth-order valence-electron chi connectivity index (χ4n) is 1.99. The van der Waals surface area contributed by atoms with Crippen LogP contribution in [0.15, 0.2) is 42.6 Å². The van der Waals surface area contributed by atoms with Gasteiger partial charge in [0, 0.05) is 24.9 Å². The van der Waals surface area contributed by atoms with Crippen LogP contribution in [0, 0.1) is 0 Å². The minimum atomic E-state index is -4.48. The number of aromatic nitrogens is 1. The molecule has 0 atom stereocenters. The zero-order valence-electron chi connectivity index (χ0n) is 14.7. The second kappa shape index (κ2) is 7.26. The summed E-state index contributed by atoms with van der Waals surface area (Å²) in [6.45, 7) is 2.81. The number of rotatable bonds is 5. The monoisotopic (exact) mass is 382 g/mol. The second-order valence-corrected chi connectivity index (χ2v) is 6.24.